The first kappa shape index (κ1) is 13.6. The molecule has 1 rings (SSSR count). The van der Waals surface area contributed by atoms with Crippen LogP contribution in [-0.4, -0.2) is 17.0 Å². The van der Waals surface area contributed by atoms with Gasteiger partial charge in [-0.15, -0.1) is 0 Å². The summed E-state index contributed by atoms with van der Waals surface area (Å²) >= 11 is 0. The summed E-state index contributed by atoms with van der Waals surface area (Å²) in [6, 6.07) is 4.28. The average molecular weight is 247 g/mol. The molecule has 1 N–H and O–H groups in total. The van der Waals surface area contributed by atoms with Gasteiger partial charge < -0.3 is 0 Å². The van der Waals surface area contributed by atoms with Crippen LogP contribution < -0.4 is 5.43 Å². The topological polar surface area (TPSA) is 84.6 Å². The monoisotopic (exact) mass is 247 g/mol. The second-order valence-corrected chi connectivity index (χ2v) is 3.50. The molecule has 0 unspecified atom stereocenters. The van der Waals surface area contributed by atoms with Crippen molar-refractivity contribution < 1.29 is 9.72 Å². The van der Waals surface area contributed by atoms with Gasteiger partial charge in [-0.3, -0.25) is 14.9 Å². The molecule has 6 nitrogen and oxygen atoms in total. The smallest absolute Gasteiger partial charge is 0.267 e. The maximum atomic E-state index is 11.6. The molecule has 0 saturated heterocycles. The van der Waals surface area contributed by atoms with E-state index in [4.69, 9.17) is 0 Å². The number of carbonyl (C=O) groups excluding carboxylic acids is 1. The Morgan fingerprint density at radius 3 is 2.83 bits per heavy atom. The number of carbonyl (C=O) groups is 1. The molecular formula is C12H13N3O3. The Morgan fingerprint density at radius 2 is 2.22 bits per heavy atom. The molecule has 0 aliphatic rings. The standard InChI is InChI=1S/C12H13N3O3/c1-3-4-7-13-14-12(16)10-6-5-9(2)11(8-10)15(17)18/h3-8H,1-2H3,(H,14,16)/b4-3+,13-7+. The molecule has 0 saturated carbocycles. The first-order valence-electron chi connectivity index (χ1n) is 5.26. The lowest BCUT2D eigenvalue weighted by atomic mass is 10.1. The van der Waals surface area contributed by atoms with Crippen molar-refractivity contribution >= 4 is 17.8 Å². The van der Waals surface area contributed by atoms with Crippen LogP contribution in [0.4, 0.5) is 5.69 Å². The van der Waals surface area contributed by atoms with Crippen molar-refractivity contribution in [2.75, 3.05) is 0 Å². The van der Waals surface area contributed by atoms with Crippen molar-refractivity contribution in [3.05, 3.63) is 51.6 Å². The first-order chi connectivity index (χ1) is 8.56. The summed E-state index contributed by atoms with van der Waals surface area (Å²) in [5.74, 6) is -0.487. The Balaban J connectivity index is 2.87. The largest absolute Gasteiger partial charge is 0.273 e. The van der Waals surface area contributed by atoms with Crippen LogP contribution in [0.3, 0.4) is 0 Å². The third-order valence-corrected chi connectivity index (χ3v) is 2.19. The average Bonchev–Trinajstić information content (AvgIpc) is 2.34. The number of nitrogens with zero attached hydrogens (tertiary/aromatic N) is 2. The molecule has 0 aromatic heterocycles. The number of nitro benzene ring substituents is 1. The van der Waals surface area contributed by atoms with Gasteiger partial charge in [-0.2, -0.15) is 5.10 Å². The minimum atomic E-state index is -0.519. The summed E-state index contributed by atoms with van der Waals surface area (Å²) in [6.07, 6.45) is 4.82. The lowest BCUT2D eigenvalue weighted by Crippen LogP contribution is -2.17. The number of hydrogen-bond acceptors (Lipinski definition) is 4. The molecule has 1 aromatic carbocycles. The molecule has 6 heteroatoms. The number of aryl methyl sites for hydroxylation is 1. The molecule has 0 bridgehead atoms. The van der Waals surface area contributed by atoms with Crippen molar-refractivity contribution in [1.29, 1.82) is 0 Å². The third-order valence-electron chi connectivity index (χ3n) is 2.19. The molecular weight excluding hydrogens is 234 g/mol. The van der Waals surface area contributed by atoms with Gasteiger partial charge in [0.1, 0.15) is 0 Å². The lowest BCUT2D eigenvalue weighted by Gasteiger charge is -2.01. The summed E-state index contributed by atoms with van der Waals surface area (Å²) in [5.41, 5.74) is 2.90. The van der Waals surface area contributed by atoms with Gasteiger partial charge in [-0.05, 0) is 26.0 Å². The molecule has 0 heterocycles. The van der Waals surface area contributed by atoms with E-state index in [9.17, 15) is 14.9 Å². The second-order valence-electron chi connectivity index (χ2n) is 3.50. The number of rotatable bonds is 4. The fourth-order valence-electron chi connectivity index (χ4n) is 1.24. The third kappa shape index (κ3) is 3.51. The summed E-state index contributed by atoms with van der Waals surface area (Å²) in [5, 5.41) is 14.4. The van der Waals surface area contributed by atoms with Gasteiger partial charge in [0.2, 0.25) is 0 Å². The van der Waals surface area contributed by atoms with Crippen LogP contribution in [0.15, 0.2) is 35.5 Å². The van der Waals surface area contributed by atoms with Crippen LogP contribution in [0.25, 0.3) is 0 Å². The number of nitrogens with one attached hydrogen (secondary N) is 1. The van der Waals surface area contributed by atoms with Crippen LogP contribution in [0.2, 0.25) is 0 Å². The van der Waals surface area contributed by atoms with E-state index in [2.05, 4.69) is 10.5 Å². The van der Waals surface area contributed by atoms with E-state index in [0.717, 1.165) is 0 Å². The zero-order chi connectivity index (χ0) is 13.5. The predicted octanol–water partition coefficient (Wildman–Crippen LogP) is 2.19. The quantitative estimate of drug-likeness (QED) is 0.502. The highest BCUT2D eigenvalue weighted by atomic mass is 16.6. The van der Waals surface area contributed by atoms with Crippen LogP contribution in [-0.2, 0) is 0 Å². The molecule has 0 aliphatic carbocycles. The van der Waals surface area contributed by atoms with Gasteiger partial charge in [0.05, 0.1) is 4.92 Å². The zero-order valence-electron chi connectivity index (χ0n) is 10.1. The van der Waals surface area contributed by atoms with Crippen molar-refractivity contribution in [2.24, 2.45) is 5.10 Å². The maximum Gasteiger partial charge on any atom is 0.273 e. The van der Waals surface area contributed by atoms with Gasteiger partial charge in [-0.1, -0.05) is 12.1 Å². The summed E-state index contributed by atoms with van der Waals surface area (Å²) < 4.78 is 0. The molecule has 0 fully saturated rings. The second kappa shape index (κ2) is 6.29. The fourth-order valence-corrected chi connectivity index (χ4v) is 1.24. The molecule has 0 atom stereocenters. The summed E-state index contributed by atoms with van der Waals surface area (Å²) in [4.78, 5) is 21.8. The highest BCUT2D eigenvalue weighted by molar-refractivity contribution is 5.95. The van der Waals surface area contributed by atoms with Gasteiger partial charge in [-0.25, -0.2) is 5.43 Å². The predicted molar refractivity (Wildman–Crippen MR) is 68.6 cm³/mol. The zero-order valence-corrected chi connectivity index (χ0v) is 10.1. The number of nitro groups is 1. The van der Waals surface area contributed by atoms with Crippen molar-refractivity contribution in [2.45, 2.75) is 13.8 Å². The lowest BCUT2D eigenvalue weighted by molar-refractivity contribution is -0.385. The van der Waals surface area contributed by atoms with E-state index >= 15 is 0 Å². The molecule has 0 radical (unpaired) electrons. The Labute approximate surface area is 104 Å². The van der Waals surface area contributed by atoms with E-state index in [0.29, 0.717) is 5.56 Å². The Hall–Kier alpha value is -2.50. The van der Waals surface area contributed by atoms with Gasteiger partial charge in [0.25, 0.3) is 11.6 Å². The van der Waals surface area contributed by atoms with Crippen molar-refractivity contribution in [1.82, 2.24) is 5.43 Å². The molecule has 94 valence electrons. The minimum absolute atomic E-state index is 0.0833. The number of hydrogen-bond donors (Lipinski definition) is 1. The molecule has 1 aromatic rings. The summed E-state index contributed by atoms with van der Waals surface area (Å²) in [6.45, 7) is 3.43. The number of allylic oxidation sites excluding steroid dienone is 2. The maximum absolute atomic E-state index is 11.6. The SMILES string of the molecule is C/C=C/C=N/NC(=O)c1ccc(C)c([N+](=O)[O-])c1. The molecule has 18 heavy (non-hydrogen) atoms. The van der Waals surface area contributed by atoms with E-state index in [1.165, 1.54) is 24.4 Å². The Morgan fingerprint density at radius 1 is 1.50 bits per heavy atom. The molecule has 0 spiro atoms. The fraction of sp³-hybridized carbons (Fsp3) is 0.167. The van der Waals surface area contributed by atoms with Crippen molar-refractivity contribution in [3.63, 3.8) is 0 Å². The van der Waals surface area contributed by atoms with Crippen LogP contribution in [0, 0.1) is 17.0 Å². The first-order valence-corrected chi connectivity index (χ1v) is 5.26. The minimum Gasteiger partial charge on any atom is -0.267 e. The highest BCUT2D eigenvalue weighted by Crippen LogP contribution is 2.19. The number of hydrazone groups is 1. The molecule has 0 aliphatic heterocycles. The Kier molecular flexibility index (Phi) is 4.74. The van der Waals surface area contributed by atoms with E-state index < -0.39 is 10.8 Å². The van der Waals surface area contributed by atoms with Crippen molar-refractivity contribution in [3.8, 4) is 0 Å². The van der Waals surface area contributed by atoms with Gasteiger partial charge in [0, 0.05) is 23.4 Å². The number of benzene rings is 1. The Bertz CT molecular complexity index is 521. The highest BCUT2D eigenvalue weighted by Gasteiger charge is 2.14. The number of amides is 1. The van der Waals surface area contributed by atoms with Crippen LogP contribution in [0.5, 0.6) is 0 Å². The van der Waals surface area contributed by atoms with E-state index in [1.807, 2.05) is 6.92 Å². The summed E-state index contributed by atoms with van der Waals surface area (Å²) in [7, 11) is 0. The van der Waals surface area contributed by atoms with E-state index in [1.54, 1.807) is 19.1 Å². The van der Waals surface area contributed by atoms with E-state index in [-0.39, 0.29) is 11.3 Å². The molecule has 1 amide bonds. The van der Waals surface area contributed by atoms with Gasteiger partial charge >= 0.3 is 0 Å². The van der Waals surface area contributed by atoms with Crippen LogP contribution >= 0.6 is 0 Å². The normalized spacial score (nSPS) is 11.0. The van der Waals surface area contributed by atoms with Crippen LogP contribution in [0.1, 0.15) is 22.8 Å². The van der Waals surface area contributed by atoms with Gasteiger partial charge in [0.15, 0.2) is 0 Å².